The van der Waals surface area contributed by atoms with Crippen LogP contribution in [-0.2, 0) is 0 Å². The van der Waals surface area contributed by atoms with E-state index in [2.05, 4.69) is 0 Å². The second kappa shape index (κ2) is 11.2. The van der Waals surface area contributed by atoms with Gasteiger partial charge in [-0.05, 0) is 25.1 Å². The van der Waals surface area contributed by atoms with Gasteiger partial charge in [-0.3, -0.25) is 10.1 Å². The lowest BCUT2D eigenvalue weighted by atomic mass is 10.3. The van der Waals surface area contributed by atoms with E-state index in [1.165, 1.54) is 12.1 Å². The van der Waals surface area contributed by atoms with Crippen LogP contribution in [0.3, 0.4) is 0 Å². The van der Waals surface area contributed by atoms with Crippen LogP contribution in [0.15, 0.2) is 54.6 Å². The number of benzene rings is 2. The van der Waals surface area contributed by atoms with Gasteiger partial charge in [0.2, 0.25) is 0 Å². The molecule has 0 saturated carbocycles. The van der Waals surface area contributed by atoms with Crippen LogP contribution in [0, 0.1) is 10.1 Å². The molecule has 2 aromatic carbocycles. The Kier molecular flexibility index (Phi) is 10.3. The summed E-state index contributed by atoms with van der Waals surface area (Å²) in [5.41, 5.74) is 0.137. The predicted octanol–water partition coefficient (Wildman–Crippen LogP) is 4.59. The number of non-ortho nitro benzene ring substituents is 1. The Bertz CT molecular complexity index is 490. The van der Waals surface area contributed by atoms with E-state index in [4.69, 9.17) is 28.3 Å². The molecule has 0 saturated heterocycles. The van der Waals surface area contributed by atoms with Crippen LogP contribution in [-0.4, -0.2) is 16.6 Å². The number of aliphatic hydroxyl groups is 1. The third-order valence-electron chi connectivity index (χ3n) is 1.75. The van der Waals surface area contributed by atoms with E-state index >= 15 is 0 Å². The number of hydrogen-bond donors (Lipinski definition) is 1. The van der Waals surface area contributed by atoms with E-state index in [9.17, 15) is 10.1 Å². The first kappa shape index (κ1) is 18.4. The first-order valence-electron chi connectivity index (χ1n) is 5.72. The lowest BCUT2D eigenvalue weighted by Gasteiger charge is -1.86. The Morgan fingerprint density at radius 1 is 1.05 bits per heavy atom. The monoisotopic (exact) mass is 315 g/mol. The molecule has 0 aliphatic heterocycles. The molecule has 2 rings (SSSR count). The average molecular weight is 316 g/mol. The lowest BCUT2D eigenvalue weighted by Crippen LogP contribution is -1.84. The summed E-state index contributed by atoms with van der Waals surface area (Å²) in [6.45, 7) is 1.93. The van der Waals surface area contributed by atoms with Crippen molar-refractivity contribution in [2.75, 3.05) is 6.61 Å². The molecule has 0 amide bonds. The fourth-order valence-electron chi connectivity index (χ4n) is 1.01. The summed E-state index contributed by atoms with van der Waals surface area (Å²) in [5.74, 6) is 0. The van der Waals surface area contributed by atoms with E-state index in [1.807, 2.05) is 6.07 Å². The summed E-state index contributed by atoms with van der Waals surface area (Å²) in [6, 6.07) is 15.0. The smallest absolute Gasteiger partial charge is 0.269 e. The number of para-hydroxylation sites is 1. The van der Waals surface area contributed by atoms with Crippen molar-refractivity contribution in [3.63, 3.8) is 0 Å². The van der Waals surface area contributed by atoms with Crippen LogP contribution in [0.1, 0.15) is 6.92 Å². The number of aliphatic hydroxyl groups excluding tert-OH is 1. The molecular weight excluding hydrogens is 301 g/mol. The summed E-state index contributed by atoms with van der Waals surface area (Å²) in [4.78, 5) is 9.59. The van der Waals surface area contributed by atoms with Gasteiger partial charge in [0, 0.05) is 28.8 Å². The maximum atomic E-state index is 10.0. The van der Waals surface area contributed by atoms with Gasteiger partial charge in [0.25, 0.3) is 5.69 Å². The van der Waals surface area contributed by atoms with E-state index in [-0.39, 0.29) is 12.3 Å². The van der Waals surface area contributed by atoms with Crippen LogP contribution in [0.4, 0.5) is 5.69 Å². The van der Waals surface area contributed by atoms with E-state index < -0.39 is 4.92 Å². The van der Waals surface area contributed by atoms with E-state index in [0.717, 1.165) is 0 Å². The normalized spacial score (nSPS) is 8.60. The summed E-state index contributed by atoms with van der Waals surface area (Å²) < 4.78 is 0. The second-order valence-corrected chi connectivity index (χ2v) is 4.22. The van der Waals surface area contributed by atoms with Crippen molar-refractivity contribution in [2.45, 2.75) is 6.92 Å². The fourth-order valence-corrected chi connectivity index (χ4v) is 1.45. The highest BCUT2D eigenvalue weighted by atomic mass is 35.5. The summed E-state index contributed by atoms with van der Waals surface area (Å²) in [5, 5.41) is 18.9. The molecule has 6 heteroatoms. The molecule has 0 aliphatic carbocycles. The molecule has 0 aliphatic rings. The number of nitro benzene ring substituents is 1. The van der Waals surface area contributed by atoms with Gasteiger partial charge in [-0.25, -0.2) is 0 Å². The molecule has 0 heterocycles. The Labute approximate surface area is 127 Å². The van der Waals surface area contributed by atoms with Crippen molar-refractivity contribution in [2.24, 2.45) is 0 Å². The minimum absolute atomic E-state index is 0.137. The molecule has 0 atom stereocenters. The van der Waals surface area contributed by atoms with Gasteiger partial charge >= 0.3 is 0 Å². The van der Waals surface area contributed by atoms with Gasteiger partial charge in [-0.15, -0.1) is 0 Å². The number of rotatable bonds is 1. The minimum Gasteiger partial charge on any atom is -0.397 e. The third kappa shape index (κ3) is 9.33. The van der Waals surface area contributed by atoms with Crippen molar-refractivity contribution in [1.82, 2.24) is 0 Å². The van der Waals surface area contributed by atoms with Crippen molar-refractivity contribution in [3.05, 3.63) is 74.8 Å². The standard InChI is InChI=1S/C6H4Cl2.C6H5NO2.C2H6O/c7-5-2-1-3-6(8)4-5;8-7(9)6-4-2-1-3-5-6;1-2-3/h1-4H;1-5H;3H,2H2,1H3. The van der Waals surface area contributed by atoms with Crippen LogP contribution < -0.4 is 0 Å². The highest BCUT2D eigenvalue weighted by Gasteiger charge is 1.98. The molecule has 20 heavy (non-hydrogen) atoms. The van der Waals surface area contributed by atoms with Crippen molar-refractivity contribution >= 4 is 28.9 Å². The second-order valence-electron chi connectivity index (χ2n) is 3.35. The molecule has 4 nitrogen and oxygen atoms in total. The predicted molar refractivity (Wildman–Crippen MR) is 82.3 cm³/mol. The quantitative estimate of drug-likeness (QED) is 0.618. The van der Waals surface area contributed by atoms with Crippen LogP contribution >= 0.6 is 23.2 Å². The molecule has 0 fully saturated rings. The van der Waals surface area contributed by atoms with Crippen molar-refractivity contribution in [3.8, 4) is 0 Å². The highest BCUT2D eigenvalue weighted by molar-refractivity contribution is 6.34. The Balaban J connectivity index is 0.000000304. The molecule has 0 bridgehead atoms. The Hall–Kier alpha value is -1.62. The Morgan fingerprint density at radius 3 is 1.75 bits per heavy atom. The molecular formula is C14H15Cl2NO3. The molecule has 0 aromatic heterocycles. The average Bonchev–Trinajstić information content (AvgIpc) is 2.41. The maximum absolute atomic E-state index is 10.0. The maximum Gasteiger partial charge on any atom is 0.269 e. The van der Waals surface area contributed by atoms with Crippen molar-refractivity contribution < 1.29 is 10.0 Å². The largest absolute Gasteiger partial charge is 0.397 e. The summed E-state index contributed by atoms with van der Waals surface area (Å²) in [7, 11) is 0. The van der Waals surface area contributed by atoms with Gasteiger partial charge in [-0.2, -0.15) is 0 Å². The number of nitrogens with zero attached hydrogens (tertiary/aromatic N) is 1. The number of hydrogen-bond acceptors (Lipinski definition) is 3. The molecule has 0 radical (unpaired) electrons. The van der Waals surface area contributed by atoms with Crippen LogP contribution in [0.25, 0.3) is 0 Å². The topological polar surface area (TPSA) is 63.4 Å². The van der Waals surface area contributed by atoms with Gasteiger partial charge in [0.05, 0.1) is 4.92 Å². The molecule has 108 valence electrons. The zero-order chi connectivity index (χ0) is 15.4. The lowest BCUT2D eigenvalue weighted by molar-refractivity contribution is -0.384. The van der Waals surface area contributed by atoms with Crippen LogP contribution in [0.2, 0.25) is 10.0 Å². The van der Waals surface area contributed by atoms with Gasteiger partial charge in [-0.1, -0.05) is 47.5 Å². The molecule has 1 N–H and O–H groups in total. The Morgan fingerprint density at radius 2 is 1.50 bits per heavy atom. The first-order valence-corrected chi connectivity index (χ1v) is 6.48. The highest BCUT2D eigenvalue weighted by Crippen LogP contribution is 2.14. The molecule has 2 aromatic rings. The fraction of sp³-hybridized carbons (Fsp3) is 0.143. The number of nitro groups is 1. The zero-order valence-electron chi connectivity index (χ0n) is 10.9. The first-order chi connectivity index (χ1) is 9.51. The SMILES string of the molecule is CCO.Clc1cccc(Cl)c1.O=[N+]([O-])c1ccccc1. The molecule has 0 spiro atoms. The summed E-state index contributed by atoms with van der Waals surface area (Å²) in [6.07, 6.45) is 0. The van der Waals surface area contributed by atoms with Gasteiger partial charge in [0.15, 0.2) is 0 Å². The van der Waals surface area contributed by atoms with Crippen molar-refractivity contribution in [1.29, 1.82) is 0 Å². The minimum atomic E-state index is -0.417. The van der Waals surface area contributed by atoms with Crippen LogP contribution in [0.5, 0.6) is 0 Å². The van der Waals surface area contributed by atoms with E-state index in [0.29, 0.717) is 10.0 Å². The molecule has 0 unspecified atom stereocenters. The summed E-state index contributed by atoms with van der Waals surface area (Å²) >= 11 is 11.1. The van der Waals surface area contributed by atoms with E-state index in [1.54, 1.807) is 43.3 Å². The zero-order valence-corrected chi connectivity index (χ0v) is 12.4. The third-order valence-corrected chi connectivity index (χ3v) is 2.22. The van der Waals surface area contributed by atoms with Gasteiger partial charge in [0.1, 0.15) is 0 Å². The van der Waals surface area contributed by atoms with Gasteiger partial charge < -0.3 is 5.11 Å². The number of halogens is 2.